The Hall–Kier alpha value is -0.870. The number of fused-ring (bicyclic) bond motifs is 1. The van der Waals surface area contributed by atoms with Crippen molar-refractivity contribution in [3.05, 3.63) is 34.2 Å². The molecule has 0 saturated carbocycles. The third-order valence-corrected chi connectivity index (χ3v) is 2.90. The van der Waals surface area contributed by atoms with Crippen molar-refractivity contribution >= 4 is 26.8 Å². The molecule has 0 aliphatic rings. The summed E-state index contributed by atoms with van der Waals surface area (Å²) in [7, 11) is 0. The zero-order valence-corrected chi connectivity index (χ0v) is 9.77. The van der Waals surface area contributed by atoms with Gasteiger partial charge in [-0.05, 0) is 37.1 Å². The molecule has 0 amide bonds. The lowest BCUT2D eigenvalue weighted by Crippen LogP contribution is -1.99. The molecule has 15 heavy (non-hydrogen) atoms. The molecule has 2 nitrogen and oxygen atoms in total. The molecule has 1 aromatic carbocycles. The van der Waals surface area contributed by atoms with Gasteiger partial charge in [-0.25, -0.2) is 4.39 Å². The largest absolute Gasteiger partial charge is 0.359 e. The average Bonchev–Trinajstić information content (AvgIpc) is 2.58. The van der Waals surface area contributed by atoms with Crippen molar-refractivity contribution in [1.29, 1.82) is 0 Å². The van der Waals surface area contributed by atoms with Crippen molar-refractivity contribution in [2.45, 2.75) is 12.8 Å². The first-order valence-corrected chi connectivity index (χ1v) is 5.66. The predicted molar refractivity (Wildman–Crippen MR) is 63.3 cm³/mol. The Morgan fingerprint density at radius 3 is 2.93 bits per heavy atom. The fraction of sp³-hybridized carbons (Fsp3) is 0.273. The quantitative estimate of drug-likeness (QED) is 0.885. The Kier molecular flexibility index (Phi) is 3.07. The molecule has 0 unspecified atom stereocenters. The summed E-state index contributed by atoms with van der Waals surface area (Å²) >= 11 is 3.29. The van der Waals surface area contributed by atoms with E-state index in [0.717, 1.165) is 28.3 Å². The van der Waals surface area contributed by atoms with Crippen LogP contribution in [0.4, 0.5) is 4.39 Å². The molecule has 0 radical (unpaired) electrons. The maximum absolute atomic E-state index is 13.5. The van der Waals surface area contributed by atoms with E-state index < -0.39 is 0 Å². The molecule has 1 aromatic heterocycles. The highest BCUT2D eigenvalue weighted by Crippen LogP contribution is 2.26. The minimum absolute atomic E-state index is 0.224. The molecule has 3 N–H and O–H groups in total. The van der Waals surface area contributed by atoms with E-state index in [2.05, 4.69) is 20.9 Å². The number of aromatic amines is 1. The topological polar surface area (TPSA) is 41.8 Å². The number of halogens is 2. The van der Waals surface area contributed by atoms with Gasteiger partial charge in [0.1, 0.15) is 5.82 Å². The molecule has 80 valence electrons. The maximum atomic E-state index is 13.5. The highest BCUT2D eigenvalue weighted by atomic mass is 79.9. The van der Waals surface area contributed by atoms with Crippen LogP contribution in [0.2, 0.25) is 0 Å². The van der Waals surface area contributed by atoms with Gasteiger partial charge in [0.25, 0.3) is 0 Å². The first kappa shape index (κ1) is 10.6. The molecule has 0 aliphatic heterocycles. The summed E-state index contributed by atoms with van der Waals surface area (Å²) in [5.74, 6) is -0.224. The van der Waals surface area contributed by atoms with Gasteiger partial charge in [0.15, 0.2) is 0 Å². The molecule has 0 spiro atoms. The van der Waals surface area contributed by atoms with Crippen LogP contribution in [0.5, 0.6) is 0 Å². The number of aromatic nitrogens is 1. The summed E-state index contributed by atoms with van der Waals surface area (Å²) in [5, 5.41) is 0.940. The summed E-state index contributed by atoms with van der Waals surface area (Å²) in [6.45, 7) is 0.656. The van der Waals surface area contributed by atoms with Crippen molar-refractivity contribution in [3.63, 3.8) is 0 Å². The van der Waals surface area contributed by atoms with Gasteiger partial charge < -0.3 is 10.7 Å². The molecule has 2 rings (SSSR count). The van der Waals surface area contributed by atoms with Crippen LogP contribution in [-0.2, 0) is 6.42 Å². The zero-order valence-electron chi connectivity index (χ0n) is 8.19. The molecule has 0 fully saturated rings. The lowest BCUT2D eigenvalue weighted by atomic mass is 10.1. The van der Waals surface area contributed by atoms with Gasteiger partial charge >= 0.3 is 0 Å². The Bertz CT molecular complexity index is 479. The Labute approximate surface area is 95.8 Å². The molecular formula is C11H12BrFN2. The first-order valence-electron chi connectivity index (χ1n) is 4.87. The fourth-order valence-corrected chi connectivity index (χ4v) is 2.14. The minimum atomic E-state index is -0.224. The third-order valence-electron chi connectivity index (χ3n) is 2.44. The average molecular weight is 271 g/mol. The van der Waals surface area contributed by atoms with E-state index >= 15 is 0 Å². The van der Waals surface area contributed by atoms with Crippen LogP contribution >= 0.6 is 15.9 Å². The van der Waals surface area contributed by atoms with Crippen molar-refractivity contribution in [2.75, 3.05) is 6.54 Å². The summed E-state index contributed by atoms with van der Waals surface area (Å²) in [6, 6.07) is 3.40. The molecule has 0 aliphatic carbocycles. The van der Waals surface area contributed by atoms with Crippen LogP contribution in [0, 0.1) is 5.82 Å². The molecule has 0 bridgehead atoms. The van der Waals surface area contributed by atoms with Crippen molar-refractivity contribution in [2.24, 2.45) is 5.73 Å². The molecule has 2 aromatic rings. The van der Waals surface area contributed by atoms with E-state index in [9.17, 15) is 4.39 Å². The Balaban J connectivity index is 2.49. The Morgan fingerprint density at radius 2 is 2.20 bits per heavy atom. The van der Waals surface area contributed by atoms with Crippen molar-refractivity contribution in [1.82, 2.24) is 4.98 Å². The molecule has 1 heterocycles. The molecule has 0 saturated heterocycles. The van der Waals surface area contributed by atoms with Crippen LogP contribution in [0.1, 0.15) is 12.0 Å². The zero-order chi connectivity index (χ0) is 10.8. The van der Waals surface area contributed by atoms with E-state index in [4.69, 9.17) is 5.73 Å². The second-order valence-electron chi connectivity index (χ2n) is 3.52. The highest BCUT2D eigenvalue weighted by Gasteiger charge is 2.08. The van der Waals surface area contributed by atoms with Crippen LogP contribution in [0.25, 0.3) is 10.9 Å². The number of hydrogen-bond donors (Lipinski definition) is 2. The first-order chi connectivity index (χ1) is 7.22. The van der Waals surface area contributed by atoms with Crippen LogP contribution in [0.15, 0.2) is 22.8 Å². The highest BCUT2D eigenvalue weighted by molar-refractivity contribution is 9.10. The van der Waals surface area contributed by atoms with E-state index in [1.165, 1.54) is 6.07 Å². The number of nitrogens with one attached hydrogen (secondary N) is 1. The number of aryl methyl sites for hydroxylation is 1. The van der Waals surface area contributed by atoms with E-state index in [-0.39, 0.29) is 5.82 Å². The molecular weight excluding hydrogens is 259 g/mol. The maximum Gasteiger partial charge on any atom is 0.148 e. The summed E-state index contributed by atoms with van der Waals surface area (Å²) in [5.41, 5.74) is 7.15. The van der Waals surface area contributed by atoms with E-state index in [1.54, 1.807) is 0 Å². The van der Waals surface area contributed by atoms with Crippen molar-refractivity contribution in [3.8, 4) is 0 Å². The van der Waals surface area contributed by atoms with Crippen LogP contribution in [-0.4, -0.2) is 11.5 Å². The second kappa shape index (κ2) is 4.33. The molecule has 4 heteroatoms. The van der Waals surface area contributed by atoms with Gasteiger partial charge in [-0.2, -0.15) is 0 Å². The van der Waals surface area contributed by atoms with Crippen molar-refractivity contribution < 1.29 is 4.39 Å². The minimum Gasteiger partial charge on any atom is -0.359 e. The van der Waals surface area contributed by atoms with Crippen LogP contribution < -0.4 is 5.73 Å². The second-order valence-corrected chi connectivity index (χ2v) is 4.43. The summed E-state index contributed by atoms with van der Waals surface area (Å²) < 4.78 is 14.3. The Morgan fingerprint density at radius 1 is 1.40 bits per heavy atom. The lowest BCUT2D eigenvalue weighted by molar-refractivity contribution is 0.636. The third kappa shape index (κ3) is 2.06. The smallest absolute Gasteiger partial charge is 0.148 e. The van der Waals surface area contributed by atoms with Gasteiger partial charge in [0, 0.05) is 16.1 Å². The monoisotopic (exact) mass is 270 g/mol. The van der Waals surface area contributed by atoms with Gasteiger partial charge in [-0.15, -0.1) is 0 Å². The number of benzene rings is 1. The lowest BCUT2D eigenvalue weighted by Gasteiger charge is -1.99. The van der Waals surface area contributed by atoms with Gasteiger partial charge in [0.2, 0.25) is 0 Å². The number of H-pyrrole nitrogens is 1. The summed E-state index contributed by atoms with van der Waals surface area (Å²) in [6.07, 6.45) is 3.66. The van der Waals surface area contributed by atoms with Gasteiger partial charge in [-0.1, -0.05) is 15.9 Å². The number of nitrogens with two attached hydrogens (primary N) is 1. The SMILES string of the molecule is NCCCc1c[nH]c2c(F)cc(Br)cc12. The number of hydrogen-bond acceptors (Lipinski definition) is 1. The fourth-order valence-electron chi connectivity index (χ4n) is 1.71. The van der Waals surface area contributed by atoms with Gasteiger partial charge in [0.05, 0.1) is 5.52 Å². The van der Waals surface area contributed by atoms with E-state index in [1.807, 2.05) is 12.3 Å². The van der Waals surface area contributed by atoms with E-state index in [0.29, 0.717) is 12.1 Å². The standard InChI is InChI=1S/C11H12BrFN2/c12-8-4-9-7(2-1-3-14)6-15-11(9)10(13)5-8/h4-6,15H,1-3,14H2. The van der Waals surface area contributed by atoms with Crippen LogP contribution in [0.3, 0.4) is 0 Å². The van der Waals surface area contributed by atoms with Gasteiger partial charge in [-0.3, -0.25) is 0 Å². The normalized spacial score (nSPS) is 11.1. The predicted octanol–water partition coefficient (Wildman–Crippen LogP) is 2.96. The summed E-state index contributed by atoms with van der Waals surface area (Å²) in [4.78, 5) is 2.96. The molecule has 0 atom stereocenters. The number of rotatable bonds is 3.